The largest absolute Gasteiger partial charge is 0.419 e. The second-order valence-corrected chi connectivity index (χ2v) is 9.04. The van der Waals surface area contributed by atoms with E-state index in [0.29, 0.717) is 37.4 Å². The fourth-order valence-electron chi connectivity index (χ4n) is 3.53. The Labute approximate surface area is 180 Å². The van der Waals surface area contributed by atoms with Gasteiger partial charge in [0, 0.05) is 56.1 Å². The molecule has 0 aromatic carbocycles. The highest BCUT2D eigenvalue weighted by molar-refractivity contribution is 5.62. The predicted octanol–water partition coefficient (Wildman–Crippen LogP) is 4.37. The normalized spacial score (nSPS) is 15.4. The van der Waals surface area contributed by atoms with Crippen LogP contribution in [0, 0.1) is 5.41 Å². The van der Waals surface area contributed by atoms with Gasteiger partial charge in [-0.3, -0.25) is 0 Å². The lowest BCUT2D eigenvalue weighted by atomic mass is 9.92. The minimum atomic E-state index is -4.57. The number of hydrogen-bond donors (Lipinski definition) is 1. The van der Waals surface area contributed by atoms with E-state index in [2.05, 4.69) is 42.2 Å². The molecule has 0 amide bonds. The molecule has 0 unspecified atom stereocenters. The Morgan fingerprint density at radius 3 is 2.52 bits per heavy atom. The number of nitrogens with zero attached hydrogens (tertiary/aromatic N) is 4. The van der Waals surface area contributed by atoms with Crippen LogP contribution in [0.3, 0.4) is 0 Å². The van der Waals surface area contributed by atoms with E-state index in [9.17, 15) is 13.2 Å². The summed E-state index contributed by atoms with van der Waals surface area (Å²) in [5.74, 6) is 0.287. The summed E-state index contributed by atoms with van der Waals surface area (Å²) in [7, 11) is 0. The summed E-state index contributed by atoms with van der Waals surface area (Å²) in [4.78, 5) is 10.6. The third-order valence-corrected chi connectivity index (χ3v) is 5.17. The van der Waals surface area contributed by atoms with Crippen LogP contribution in [0.4, 0.5) is 19.0 Å². The number of ether oxygens (including phenoxy) is 1. The van der Waals surface area contributed by atoms with Gasteiger partial charge in [-0.25, -0.2) is 9.97 Å². The Morgan fingerprint density at radius 1 is 1.23 bits per heavy atom. The van der Waals surface area contributed by atoms with Crippen molar-refractivity contribution < 1.29 is 17.9 Å². The summed E-state index contributed by atoms with van der Waals surface area (Å²) >= 11 is 0. The van der Waals surface area contributed by atoms with Crippen molar-refractivity contribution in [2.75, 3.05) is 32.0 Å². The highest BCUT2D eigenvalue weighted by Gasteiger charge is 2.34. The molecule has 9 heteroatoms. The fourth-order valence-corrected chi connectivity index (χ4v) is 3.53. The maximum absolute atomic E-state index is 13.3. The van der Waals surface area contributed by atoms with Crippen LogP contribution in [0.2, 0.25) is 0 Å². The van der Waals surface area contributed by atoms with E-state index in [1.165, 1.54) is 6.20 Å². The highest BCUT2D eigenvalue weighted by Crippen LogP contribution is 2.35. The molecule has 3 rings (SSSR count). The van der Waals surface area contributed by atoms with Gasteiger partial charge in [-0.1, -0.05) is 27.4 Å². The first-order chi connectivity index (χ1) is 14.4. The average molecular weight is 438 g/mol. The predicted molar refractivity (Wildman–Crippen MR) is 114 cm³/mol. The number of imidazole rings is 1. The first kappa shape index (κ1) is 23.1. The molecule has 170 valence electrons. The van der Waals surface area contributed by atoms with Gasteiger partial charge in [0.05, 0.1) is 24.5 Å². The van der Waals surface area contributed by atoms with Gasteiger partial charge >= 0.3 is 6.18 Å². The fraction of sp³-hybridized carbons (Fsp3) is 0.545. The van der Waals surface area contributed by atoms with Crippen LogP contribution in [0.5, 0.6) is 0 Å². The minimum Gasteiger partial charge on any atom is -0.383 e. The summed E-state index contributed by atoms with van der Waals surface area (Å²) in [6, 6.07) is 1.02. The minimum absolute atomic E-state index is 0.0297. The smallest absolute Gasteiger partial charge is 0.383 e. The van der Waals surface area contributed by atoms with Crippen molar-refractivity contribution in [2.45, 2.75) is 46.3 Å². The molecule has 0 spiro atoms. The highest BCUT2D eigenvalue weighted by atomic mass is 19.4. The molecule has 3 heterocycles. The number of aromatic nitrogens is 3. The third kappa shape index (κ3) is 6.00. The maximum Gasteiger partial charge on any atom is 0.419 e. The number of alkyl halides is 3. The van der Waals surface area contributed by atoms with Crippen molar-refractivity contribution in [1.82, 2.24) is 19.4 Å². The van der Waals surface area contributed by atoms with E-state index >= 15 is 0 Å². The SMILES string of the molecule is C=C(CCn1cc(-c2cnc(N)c(C(F)(F)F)c2)nc1CC(C)(C)C)N1CCOCC1. The van der Waals surface area contributed by atoms with Gasteiger partial charge in [0.15, 0.2) is 0 Å². The zero-order valence-corrected chi connectivity index (χ0v) is 18.3. The number of morpholine rings is 1. The topological polar surface area (TPSA) is 69.2 Å². The molecule has 6 nitrogen and oxygen atoms in total. The molecule has 2 aromatic rings. The molecule has 1 aliphatic heterocycles. The number of halogens is 3. The van der Waals surface area contributed by atoms with Gasteiger partial charge in [-0.2, -0.15) is 13.2 Å². The zero-order chi connectivity index (χ0) is 22.8. The summed E-state index contributed by atoms with van der Waals surface area (Å²) in [6.45, 7) is 14.2. The second-order valence-electron chi connectivity index (χ2n) is 9.04. The van der Waals surface area contributed by atoms with Crippen LogP contribution < -0.4 is 5.73 Å². The van der Waals surface area contributed by atoms with Crippen molar-refractivity contribution in [1.29, 1.82) is 0 Å². The summed E-state index contributed by atoms with van der Waals surface area (Å²) in [5, 5.41) is 0. The molecular formula is C22H30F3N5O. The Kier molecular flexibility index (Phi) is 6.64. The van der Waals surface area contributed by atoms with Crippen molar-refractivity contribution in [3.8, 4) is 11.3 Å². The lowest BCUT2D eigenvalue weighted by Crippen LogP contribution is -2.35. The van der Waals surface area contributed by atoms with E-state index in [4.69, 9.17) is 10.5 Å². The van der Waals surface area contributed by atoms with Crippen LogP contribution in [0.15, 0.2) is 30.7 Å². The molecule has 1 fully saturated rings. The Hall–Kier alpha value is -2.55. The first-order valence-corrected chi connectivity index (χ1v) is 10.3. The number of hydrogen-bond acceptors (Lipinski definition) is 5. The third-order valence-electron chi connectivity index (χ3n) is 5.17. The standard InChI is InChI=1S/C22H30F3N5O/c1-15(29-7-9-31-10-8-29)5-6-30-14-18(28-19(30)12-21(2,3)4)16-11-17(22(23,24)25)20(26)27-13-16/h11,13-14H,1,5-10,12H2,2-4H3,(H2,26,27). The van der Waals surface area contributed by atoms with Crippen molar-refractivity contribution in [2.24, 2.45) is 5.41 Å². The Balaban J connectivity index is 1.86. The van der Waals surface area contributed by atoms with Crippen LogP contribution in [-0.2, 0) is 23.9 Å². The lowest BCUT2D eigenvalue weighted by molar-refractivity contribution is -0.137. The quantitative estimate of drug-likeness (QED) is 0.727. The summed E-state index contributed by atoms with van der Waals surface area (Å²) in [5.41, 5.74) is 6.24. The number of nitrogens with two attached hydrogens (primary N) is 1. The van der Waals surface area contributed by atoms with Gasteiger partial charge in [0.2, 0.25) is 0 Å². The second kappa shape index (κ2) is 8.90. The number of allylic oxidation sites excluding steroid dienone is 1. The monoisotopic (exact) mass is 437 g/mol. The molecule has 0 radical (unpaired) electrons. The number of anilines is 1. The van der Waals surface area contributed by atoms with Gasteiger partial charge < -0.3 is 19.9 Å². The van der Waals surface area contributed by atoms with Crippen molar-refractivity contribution in [3.63, 3.8) is 0 Å². The van der Waals surface area contributed by atoms with E-state index in [-0.39, 0.29) is 5.41 Å². The molecule has 2 aromatic heterocycles. The van der Waals surface area contributed by atoms with Crippen LogP contribution >= 0.6 is 0 Å². The molecule has 0 bridgehead atoms. The number of nitrogen functional groups attached to an aromatic ring is 1. The molecule has 2 N–H and O–H groups in total. The molecule has 1 saturated heterocycles. The Morgan fingerprint density at radius 2 is 1.90 bits per heavy atom. The maximum atomic E-state index is 13.3. The van der Waals surface area contributed by atoms with E-state index in [0.717, 1.165) is 37.1 Å². The van der Waals surface area contributed by atoms with Gasteiger partial charge in [0.25, 0.3) is 0 Å². The molecule has 0 saturated carbocycles. The molecule has 1 aliphatic rings. The molecule has 0 atom stereocenters. The molecular weight excluding hydrogens is 407 g/mol. The van der Waals surface area contributed by atoms with Crippen LogP contribution in [0.1, 0.15) is 38.6 Å². The number of pyridine rings is 1. The molecule has 0 aliphatic carbocycles. The van der Waals surface area contributed by atoms with Gasteiger partial charge in [-0.05, 0) is 11.5 Å². The number of aryl methyl sites for hydroxylation is 1. The van der Waals surface area contributed by atoms with Crippen LogP contribution in [0.25, 0.3) is 11.3 Å². The summed E-state index contributed by atoms with van der Waals surface area (Å²) < 4.78 is 47.2. The Bertz CT molecular complexity index is 924. The summed E-state index contributed by atoms with van der Waals surface area (Å²) in [6.07, 6.45) is -0.0299. The van der Waals surface area contributed by atoms with E-state index < -0.39 is 17.6 Å². The number of rotatable bonds is 6. The first-order valence-electron chi connectivity index (χ1n) is 10.3. The zero-order valence-electron chi connectivity index (χ0n) is 18.3. The van der Waals surface area contributed by atoms with Gasteiger partial charge in [-0.15, -0.1) is 0 Å². The van der Waals surface area contributed by atoms with E-state index in [1.54, 1.807) is 6.20 Å². The lowest BCUT2D eigenvalue weighted by Gasteiger charge is -2.30. The average Bonchev–Trinajstić information content (AvgIpc) is 3.07. The van der Waals surface area contributed by atoms with Gasteiger partial charge in [0.1, 0.15) is 11.6 Å². The van der Waals surface area contributed by atoms with E-state index in [1.807, 2.05) is 4.57 Å². The van der Waals surface area contributed by atoms with Crippen molar-refractivity contribution >= 4 is 5.82 Å². The molecule has 31 heavy (non-hydrogen) atoms. The van der Waals surface area contributed by atoms with Crippen LogP contribution in [-0.4, -0.2) is 45.7 Å². The van der Waals surface area contributed by atoms with Crippen molar-refractivity contribution in [3.05, 3.63) is 42.1 Å².